The molecular weight excluding hydrogens is 410 g/mol. The van der Waals surface area contributed by atoms with Gasteiger partial charge in [0.05, 0.1) is 25.6 Å². The number of hydrogen-bond acceptors (Lipinski definition) is 7. The second kappa shape index (κ2) is 8.89. The Bertz CT molecular complexity index is 1330. The van der Waals surface area contributed by atoms with Crippen LogP contribution in [0.1, 0.15) is 22.8 Å². The summed E-state index contributed by atoms with van der Waals surface area (Å²) in [6.07, 6.45) is 1.41. The van der Waals surface area contributed by atoms with E-state index in [9.17, 15) is 14.7 Å². The number of nitrogens with zero attached hydrogens (tertiary/aromatic N) is 3. The van der Waals surface area contributed by atoms with Crippen LogP contribution in [0.5, 0.6) is 11.5 Å². The highest BCUT2D eigenvalue weighted by molar-refractivity contribution is 5.98. The summed E-state index contributed by atoms with van der Waals surface area (Å²) >= 11 is 0. The molecule has 0 spiro atoms. The molecule has 4 aromatic rings. The van der Waals surface area contributed by atoms with Crippen LogP contribution in [0.2, 0.25) is 0 Å². The number of carbonyl (C=O) groups excluding carboxylic acids is 1. The average Bonchev–Trinajstić information content (AvgIpc) is 2.82. The molecule has 8 nitrogen and oxygen atoms in total. The number of esters is 1. The number of fused-ring (bicyclic) bond motifs is 1. The Balaban J connectivity index is 1.95. The van der Waals surface area contributed by atoms with Crippen molar-refractivity contribution in [1.29, 1.82) is 0 Å². The van der Waals surface area contributed by atoms with Crippen molar-refractivity contribution in [1.82, 2.24) is 14.5 Å². The Labute approximate surface area is 183 Å². The lowest BCUT2D eigenvalue weighted by atomic mass is 10.1. The van der Waals surface area contributed by atoms with Gasteiger partial charge in [0.2, 0.25) is 0 Å². The van der Waals surface area contributed by atoms with Crippen molar-refractivity contribution in [3.63, 3.8) is 0 Å². The summed E-state index contributed by atoms with van der Waals surface area (Å²) in [6.45, 7) is 1.82. The Morgan fingerprint density at radius 3 is 2.47 bits per heavy atom. The predicted molar refractivity (Wildman–Crippen MR) is 119 cm³/mol. The third-order valence-electron chi connectivity index (χ3n) is 4.99. The minimum Gasteiger partial charge on any atom is -0.506 e. The largest absolute Gasteiger partial charge is 0.506 e. The number of methoxy groups -OCH3 is 1. The van der Waals surface area contributed by atoms with E-state index >= 15 is 0 Å². The van der Waals surface area contributed by atoms with Gasteiger partial charge in [-0.2, -0.15) is 0 Å². The van der Waals surface area contributed by atoms with Gasteiger partial charge in [-0.1, -0.05) is 42.5 Å². The smallest absolute Gasteiger partial charge is 0.347 e. The molecule has 0 aliphatic heterocycles. The van der Waals surface area contributed by atoms with Crippen molar-refractivity contribution in [2.75, 3.05) is 13.7 Å². The number of benzene rings is 2. The van der Waals surface area contributed by atoms with Gasteiger partial charge in [-0.3, -0.25) is 9.36 Å². The zero-order valence-electron chi connectivity index (χ0n) is 17.6. The van der Waals surface area contributed by atoms with E-state index in [1.54, 1.807) is 26.2 Å². The number of rotatable bonds is 6. The van der Waals surface area contributed by atoms with Crippen molar-refractivity contribution >= 4 is 17.0 Å². The summed E-state index contributed by atoms with van der Waals surface area (Å²) in [4.78, 5) is 34.7. The van der Waals surface area contributed by atoms with Crippen LogP contribution in [-0.4, -0.2) is 39.3 Å². The molecule has 8 heteroatoms. The van der Waals surface area contributed by atoms with Crippen LogP contribution in [0, 0.1) is 0 Å². The van der Waals surface area contributed by atoms with E-state index in [-0.39, 0.29) is 24.2 Å². The van der Waals surface area contributed by atoms with Gasteiger partial charge in [-0.05, 0) is 24.6 Å². The first kappa shape index (κ1) is 21.0. The molecule has 0 unspecified atom stereocenters. The molecule has 2 heterocycles. The Morgan fingerprint density at radius 1 is 1.09 bits per heavy atom. The topological polar surface area (TPSA) is 104 Å². The molecule has 2 aromatic carbocycles. The van der Waals surface area contributed by atoms with Crippen molar-refractivity contribution in [2.24, 2.45) is 0 Å². The van der Waals surface area contributed by atoms with Crippen LogP contribution in [0.4, 0.5) is 0 Å². The molecule has 4 rings (SSSR count). The van der Waals surface area contributed by atoms with Gasteiger partial charge in [0.1, 0.15) is 11.5 Å². The highest BCUT2D eigenvalue weighted by atomic mass is 16.5. The SMILES string of the molecule is CCOC(=O)c1c(O)c2cnc(-c3ccccc3)nc2n(Cc2ccc(OC)cc2)c1=O. The summed E-state index contributed by atoms with van der Waals surface area (Å²) in [5, 5.41) is 10.9. The van der Waals surface area contributed by atoms with Crippen molar-refractivity contribution in [3.8, 4) is 22.9 Å². The summed E-state index contributed by atoms with van der Waals surface area (Å²) < 4.78 is 11.5. The molecule has 0 saturated carbocycles. The second-order valence-electron chi connectivity index (χ2n) is 6.98. The highest BCUT2D eigenvalue weighted by Crippen LogP contribution is 2.28. The number of aromatic hydroxyl groups is 1. The standard InChI is InChI=1S/C24H21N3O5/c1-3-32-24(30)19-20(28)18-13-25-21(16-7-5-4-6-8-16)26-22(18)27(23(19)29)14-15-9-11-17(31-2)12-10-15/h4-13,28H,3,14H2,1-2H3. The quantitative estimate of drug-likeness (QED) is 0.467. The zero-order chi connectivity index (χ0) is 22.7. The second-order valence-corrected chi connectivity index (χ2v) is 6.98. The zero-order valence-corrected chi connectivity index (χ0v) is 17.6. The normalized spacial score (nSPS) is 10.8. The lowest BCUT2D eigenvalue weighted by molar-refractivity contribution is 0.0520. The van der Waals surface area contributed by atoms with Crippen LogP contribution in [0.25, 0.3) is 22.4 Å². The maximum atomic E-state index is 13.3. The minimum atomic E-state index is -0.896. The molecular formula is C24H21N3O5. The summed E-state index contributed by atoms with van der Waals surface area (Å²) in [6, 6.07) is 16.5. The number of carbonyl (C=O) groups is 1. The molecule has 162 valence electrons. The molecule has 32 heavy (non-hydrogen) atoms. The minimum absolute atomic E-state index is 0.0671. The number of pyridine rings is 1. The fourth-order valence-corrected chi connectivity index (χ4v) is 3.39. The van der Waals surface area contributed by atoms with Crippen LogP contribution in [-0.2, 0) is 11.3 Å². The Morgan fingerprint density at radius 2 is 1.81 bits per heavy atom. The monoisotopic (exact) mass is 431 g/mol. The summed E-state index contributed by atoms with van der Waals surface area (Å²) in [5.41, 5.74) is 0.623. The maximum absolute atomic E-state index is 13.3. The van der Waals surface area contributed by atoms with E-state index in [1.807, 2.05) is 42.5 Å². The molecule has 1 N–H and O–H groups in total. The molecule has 0 radical (unpaired) electrons. The summed E-state index contributed by atoms with van der Waals surface area (Å²) in [7, 11) is 1.57. The molecule has 0 bridgehead atoms. The molecule has 2 aromatic heterocycles. The maximum Gasteiger partial charge on any atom is 0.347 e. The van der Waals surface area contributed by atoms with Gasteiger partial charge >= 0.3 is 5.97 Å². The van der Waals surface area contributed by atoms with Crippen LogP contribution in [0.15, 0.2) is 65.6 Å². The molecule has 0 amide bonds. The molecule has 0 aliphatic rings. The lowest BCUT2D eigenvalue weighted by Crippen LogP contribution is -2.29. The summed E-state index contributed by atoms with van der Waals surface area (Å²) in [5.74, 6) is -0.316. The van der Waals surface area contributed by atoms with Crippen molar-refractivity contribution < 1.29 is 19.4 Å². The first-order chi connectivity index (χ1) is 15.5. The number of ether oxygens (including phenoxy) is 2. The van der Waals surface area contributed by atoms with Gasteiger partial charge in [0.25, 0.3) is 5.56 Å². The molecule has 0 atom stereocenters. The van der Waals surface area contributed by atoms with Gasteiger partial charge in [0.15, 0.2) is 17.0 Å². The van der Waals surface area contributed by atoms with Crippen molar-refractivity contribution in [3.05, 3.63) is 82.3 Å². The van der Waals surface area contributed by atoms with E-state index in [0.29, 0.717) is 11.6 Å². The highest BCUT2D eigenvalue weighted by Gasteiger charge is 2.25. The molecule has 0 fully saturated rings. The van der Waals surface area contributed by atoms with Crippen LogP contribution in [0.3, 0.4) is 0 Å². The van der Waals surface area contributed by atoms with Gasteiger partial charge in [-0.25, -0.2) is 14.8 Å². The van der Waals surface area contributed by atoms with E-state index in [2.05, 4.69) is 9.97 Å². The first-order valence-corrected chi connectivity index (χ1v) is 10.0. The third kappa shape index (κ3) is 3.90. The first-order valence-electron chi connectivity index (χ1n) is 10.0. The van der Waals surface area contributed by atoms with Crippen LogP contribution < -0.4 is 10.3 Å². The average molecular weight is 431 g/mol. The van der Waals surface area contributed by atoms with Gasteiger partial charge < -0.3 is 14.6 Å². The Hall–Kier alpha value is -4.20. The fourth-order valence-electron chi connectivity index (χ4n) is 3.39. The van der Waals surface area contributed by atoms with E-state index in [0.717, 1.165) is 11.1 Å². The van der Waals surface area contributed by atoms with E-state index in [4.69, 9.17) is 9.47 Å². The van der Waals surface area contributed by atoms with Crippen molar-refractivity contribution in [2.45, 2.75) is 13.5 Å². The third-order valence-corrected chi connectivity index (χ3v) is 4.99. The fraction of sp³-hybridized carbons (Fsp3) is 0.167. The van der Waals surface area contributed by atoms with Crippen LogP contribution >= 0.6 is 0 Å². The van der Waals surface area contributed by atoms with E-state index in [1.165, 1.54) is 10.8 Å². The molecule has 0 aliphatic carbocycles. The van der Waals surface area contributed by atoms with E-state index < -0.39 is 22.8 Å². The number of aromatic nitrogens is 3. The van der Waals surface area contributed by atoms with Gasteiger partial charge in [0, 0.05) is 11.8 Å². The molecule has 0 saturated heterocycles. The van der Waals surface area contributed by atoms with Gasteiger partial charge in [-0.15, -0.1) is 0 Å². The predicted octanol–water partition coefficient (Wildman–Crippen LogP) is 3.40. The Kier molecular flexibility index (Phi) is 5.85. The lowest BCUT2D eigenvalue weighted by Gasteiger charge is -2.15. The number of hydrogen-bond donors (Lipinski definition) is 1.